The van der Waals surface area contributed by atoms with Crippen molar-refractivity contribution in [3.8, 4) is 5.75 Å². The van der Waals surface area contributed by atoms with Gasteiger partial charge in [0.1, 0.15) is 11.6 Å². The fourth-order valence-corrected chi connectivity index (χ4v) is 3.10. The Labute approximate surface area is 189 Å². The molecule has 0 amide bonds. The number of hydrogen-bond acceptors (Lipinski definition) is 3. The first-order valence-electron chi connectivity index (χ1n) is 9.75. The normalized spacial score (nSPS) is 11.2. The molecule has 1 aromatic heterocycles. The van der Waals surface area contributed by atoms with Gasteiger partial charge in [0.25, 0.3) is 0 Å². The van der Waals surface area contributed by atoms with Crippen molar-refractivity contribution >= 4 is 41.0 Å². The molecule has 29 heavy (non-hydrogen) atoms. The van der Waals surface area contributed by atoms with Gasteiger partial charge < -0.3 is 19.9 Å². The van der Waals surface area contributed by atoms with E-state index in [-0.39, 0.29) is 24.0 Å². The lowest BCUT2D eigenvalue weighted by Gasteiger charge is -2.22. The van der Waals surface area contributed by atoms with E-state index < -0.39 is 0 Å². The third kappa shape index (κ3) is 6.62. The van der Waals surface area contributed by atoms with Crippen LogP contribution in [0.3, 0.4) is 0 Å². The molecule has 0 spiro atoms. The van der Waals surface area contributed by atoms with Crippen LogP contribution in [0.4, 0.5) is 0 Å². The van der Waals surface area contributed by atoms with E-state index in [1.807, 2.05) is 30.3 Å². The Balaban J connectivity index is 0.00000300. The summed E-state index contributed by atoms with van der Waals surface area (Å²) in [6.07, 6.45) is 1.84. The van der Waals surface area contributed by atoms with E-state index in [0.29, 0.717) is 0 Å². The number of aromatic amines is 1. The number of nitrogens with one attached hydrogen (secondary N) is 2. The average Bonchev–Trinajstić information content (AvgIpc) is 3.13. The van der Waals surface area contributed by atoms with E-state index >= 15 is 0 Å². The molecule has 0 aliphatic heterocycles. The molecule has 156 valence electrons. The second-order valence-corrected chi connectivity index (χ2v) is 6.74. The van der Waals surface area contributed by atoms with Crippen molar-refractivity contribution in [3.63, 3.8) is 0 Å². The van der Waals surface area contributed by atoms with Crippen molar-refractivity contribution in [1.29, 1.82) is 0 Å². The fourth-order valence-electron chi connectivity index (χ4n) is 3.10. The number of ether oxygens (including phenoxy) is 1. The Kier molecular flexibility index (Phi) is 9.24. The summed E-state index contributed by atoms with van der Waals surface area (Å²) in [7, 11) is 3.74. The van der Waals surface area contributed by atoms with Gasteiger partial charge in [-0.15, -0.1) is 24.0 Å². The summed E-state index contributed by atoms with van der Waals surface area (Å²) in [5, 5.41) is 3.37. The maximum Gasteiger partial charge on any atom is 0.193 e. The highest BCUT2D eigenvalue weighted by Crippen LogP contribution is 2.13. The Morgan fingerprint density at radius 3 is 2.62 bits per heavy atom. The van der Waals surface area contributed by atoms with Crippen LogP contribution in [-0.4, -0.2) is 48.1 Å². The maximum absolute atomic E-state index is 5.22. The number of aliphatic imine (C=N–C) groups is 1. The summed E-state index contributed by atoms with van der Waals surface area (Å²) in [5.41, 5.74) is 3.33. The predicted octanol–water partition coefficient (Wildman–Crippen LogP) is 4.22. The van der Waals surface area contributed by atoms with Gasteiger partial charge in [0.15, 0.2) is 5.96 Å². The molecule has 0 unspecified atom stereocenters. The van der Waals surface area contributed by atoms with Crippen LogP contribution in [0.15, 0.2) is 53.5 Å². The number of nitrogens with zero attached hydrogens (tertiary/aromatic N) is 3. The number of benzene rings is 2. The highest BCUT2D eigenvalue weighted by Gasteiger charge is 2.07. The molecule has 2 N–H and O–H groups in total. The van der Waals surface area contributed by atoms with Gasteiger partial charge in [0, 0.05) is 33.1 Å². The number of imidazole rings is 1. The van der Waals surface area contributed by atoms with Gasteiger partial charge in [0.05, 0.1) is 18.1 Å². The van der Waals surface area contributed by atoms with E-state index in [9.17, 15) is 0 Å². The van der Waals surface area contributed by atoms with Crippen LogP contribution in [0, 0.1) is 0 Å². The third-order valence-electron chi connectivity index (χ3n) is 4.55. The van der Waals surface area contributed by atoms with Crippen LogP contribution in [0.1, 0.15) is 24.7 Å². The first-order chi connectivity index (χ1) is 13.7. The predicted molar refractivity (Wildman–Crippen MR) is 130 cm³/mol. The van der Waals surface area contributed by atoms with Gasteiger partial charge in [-0.25, -0.2) is 4.98 Å². The largest absolute Gasteiger partial charge is 0.497 e. The quantitative estimate of drug-likeness (QED) is 0.208. The number of hydrogen-bond donors (Lipinski definition) is 2. The monoisotopic (exact) mass is 507 g/mol. The number of aryl methyl sites for hydroxylation is 1. The summed E-state index contributed by atoms with van der Waals surface area (Å²) in [6.45, 7) is 4.48. The summed E-state index contributed by atoms with van der Waals surface area (Å²) >= 11 is 0. The van der Waals surface area contributed by atoms with Crippen LogP contribution < -0.4 is 10.1 Å². The van der Waals surface area contributed by atoms with Crippen molar-refractivity contribution in [2.45, 2.75) is 26.3 Å². The van der Waals surface area contributed by atoms with Crippen LogP contribution in [-0.2, 0) is 13.0 Å². The maximum atomic E-state index is 5.22. The minimum atomic E-state index is 0. The summed E-state index contributed by atoms with van der Waals surface area (Å²) in [6, 6.07) is 16.3. The average molecular weight is 507 g/mol. The highest BCUT2D eigenvalue weighted by molar-refractivity contribution is 14.0. The molecule has 3 rings (SSSR count). The van der Waals surface area contributed by atoms with Crippen LogP contribution in [0.2, 0.25) is 0 Å². The SMILES string of the molecule is CCNC(=NCCCc1nc2ccccc2[nH]1)N(C)Cc1ccc(OC)cc1.I. The molecule has 0 fully saturated rings. The van der Waals surface area contributed by atoms with Crippen molar-refractivity contribution in [1.82, 2.24) is 20.2 Å². The molecule has 0 atom stereocenters. The lowest BCUT2D eigenvalue weighted by Crippen LogP contribution is -2.38. The van der Waals surface area contributed by atoms with Crippen LogP contribution >= 0.6 is 24.0 Å². The van der Waals surface area contributed by atoms with E-state index in [4.69, 9.17) is 9.73 Å². The second-order valence-electron chi connectivity index (χ2n) is 6.74. The molecule has 0 saturated heterocycles. The molecule has 0 saturated carbocycles. The number of guanidine groups is 1. The Morgan fingerprint density at radius 2 is 1.93 bits per heavy atom. The number of methoxy groups -OCH3 is 1. The number of H-pyrrole nitrogens is 1. The number of fused-ring (bicyclic) bond motifs is 1. The van der Waals surface area contributed by atoms with E-state index in [1.165, 1.54) is 5.56 Å². The van der Waals surface area contributed by atoms with E-state index in [1.54, 1.807) is 7.11 Å². The molecule has 0 aliphatic carbocycles. The van der Waals surface area contributed by atoms with Crippen molar-refractivity contribution in [3.05, 3.63) is 59.9 Å². The minimum absolute atomic E-state index is 0. The van der Waals surface area contributed by atoms with E-state index in [2.05, 4.69) is 52.4 Å². The second kappa shape index (κ2) is 11.6. The first-order valence-corrected chi connectivity index (χ1v) is 9.75. The van der Waals surface area contributed by atoms with Crippen LogP contribution in [0.25, 0.3) is 11.0 Å². The van der Waals surface area contributed by atoms with Gasteiger partial charge >= 0.3 is 0 Å². The number of halogens is 1. The lowest BCUT2D eigenvalue weighted by atomic mass is 10.2. The molecule has 2 aromatic carbocycles. The zero-order valence-electron chi connectivity index (χ0n) is 17.3. The molecule has 0 bridgehead atoms. The molecule has 3 aromatic rings. The third-order valence-corrected chi connectivity index (χ3v) is 4.55. The molecule has 0 aliphatic rings. The molecule has 1 heterocycles. The first kappa shape index (κ1) is 23.0. The Hall–Kier alpha value is -2.29. The minimum Gasteiger partial charge on any atom is -0.497 e. The molecule has 0 radical (unpaired) electrons. The topological polar surface area (TPSA) is 65.5 Å². The zero-order valence-corrected chi connectivity index (χ0v) is 19.6. The zero-order chi connectivity index (χ0) is 19.8. The Morgan fingerprint density at radius 1 is 1.17 bits per heavy atom. The number of aromatic nitrogens is 2. The molecule has 6 nitrogen and oxygen atoms in total. The van der Waals surface area contributed by atoms with Gasteiger partial charge in [0.2, 0.25) is 0 Å². The smallest absolute Gasteiger partial charge is 0.193 e. The van der Waals surface area contributed by atoms with Gasteiger partial charge in [-0.2, -0.15) is 0 Å². The van der Waals surface area contributed by atoms with Crippen molar-refractivity contribution < 1.29 is 4.74 Å². The standard InChI is InChI=1S/C22H29N5O.HI/c1-4-23-22(27(2)16-17-11-13-18(28-3)14-12-17)24-15-7-10-21-25-19-8-5-6-9-20(19)26-21;/h5-6,8-9,11-14H,4,7,10,15-16H2,1-3H3,(H,23,24)(H,25,26);1H. The molecule has 7 heteroatoms. The summed E-state index contributed by atoms with van der Waals surface area (Å²) in [5.74, 6) is 2.81. The fraction of sp³-hybridized carbons (Fsp3) is 0.364. The molecular weight excluding hydrogens is 477 g/mol. The van der Waals surface area contributed by atoms with Crippen molar-refractivity contribution in [2.75, 3.05) is 27.2 Å². The van der Waals surface area contributed by atoms with Crippen LogP contribution in [0.5, 0.6) is 5.75 Å². The lowest BCUT2D eigenvalue weighted by molar-refractivity contribution is 0.414. The van der Waals surface area contributed by atoms with Gasteiger partial charge in [-0.1, -0.05) is 24.3 Å². The van der Waals surface area contributed by atoms with E-state index in [0.717, 1.165) is 61.0 Å². The highest BCUT2D eigenvalue weighted by atomic mass is 127. The summed E-state index contributed by atoms with van der Waals surface area (Å²) in [4.78, 5) is 14.9. The van der Waals surface area contributed by atoms with Gasteiger partial charge in [-0.3, -0.25) is 4.99 Å². The molecular formula is C22H30IN5O. The summed E-state index contributed by atoms with van der Waals surface area (Å²) < 4.78 is 5.22. The number of rotatable bonds is 8. The Bertz CT molecular complexity index is 874. The van der Waals surface area contributed by atoms with Gasteiger partial charge in [-0.05, 0) is 43.2 Å². The number of para-hydroxylation sites is 2. The van der Waals surface area contributed by atoms with Crippen molar-refractivity contribution in [2.24, 2.45) is 4.99 Å².